The first-order valence-electron chi connectivity index (χ1n) is 10.1. The number of aryl methyl sites for hydroxylation is 1. The molecule has 0 aliphatic carbocycles. The van der Waals surface area contributed by atoms with Crippen molar-refractivity contribution in [3.05, 3.63) is 82.0 Å². The summed E-state index contributed by atoms with van der Waals surface area (Å²) < 4.78 is 15.5. The minimum atomic E-state index is -0.670. The summed E-state index contributed by atoms with van der Waals surface area (Å²) in [5.74, 6) is -0.670. The van der Waals surface area contributed by atoms with Crippen LogP contribution in [0.5, 0.6) is 0 Å². The number of para-hydroxylation sites is 1. The molecule has 2 aromatic heterocycles. The predicted octanol–water partition coefficient (Wildman–Crippen LogP) is 3.61. The molecular formula is C23H20N4O6. The molecule has 4 rings (SSSR count). The molecule has 2 aromatic carbocycles. The average Bonchev–Trinajstić information content (AvgIpc) is 3.19. The van der Waals surface area contributed by atoms with Crippen LogP contribution in [-0.2, 0) is 16.1 Å². The summed E-state index contributed by atoms with van der Waals surface area (Å²) in [6.07, 6.45) is -0.622. The summed E-state index contributed by atoms with van der Waals surface area (Å²) in [5, 5.41) is 11.6. The first-order chi connectivity index (χ1) is 15.9. The third kappa shape index (κ3) is 4.90. The lowest BCUT2D eigenvalue weighted by Crippen LogP contribution is -2.13. The van der Waals surface area contributed by atoms with Gasteiger partial charge in [0.25, 0.3) is 0 Å². The van der Waals surface area contributed by atoms with E-state index in [4.69, 9.17) is 13.9 Å². The van der Waals surface area contributed by atoms with Crippen LogP contribution in [0.1, 0.15) is 28.7 Å². The van der Waals surface area contributed by atoms with Gasteiger partial charge in [-0.1, -0.05) is 18.2 Å². The molecule has 0 aliphatic rings. The smallest absolute Gasteiger partial charge is 0.411 e. The van der Waals surface area contributed by atoms with Crippen molar-refractivity contribution in [1.82, 2.24) is 15.0 Å². The molecule has 0 aliphatic heterocycles. The number of aromatic nitrogens is 3. The molecule has 10 nitrogen and oxygen atoms in total. The Morgan fingerprint density at radius 2 is 1.85 bits per heavy atom. The first kappa shape index (κ1) is 21.8. The number of nitrogens with one attached hydrogen (secondary N) is 1. The molecule has 1 N–H and O–H groups in total. The van der Waals surface area contributed by atoms with E-state index < -0.39 is 17.7 Å². The van der Waals surface area contributed by atoms with Crippen molar-refractivity contribution in [2.75, 3.05) is 11.9 Å². The molecule has 0 spiro atoms. The van der Waals surface area contributed by atoms with E-state index in [0.29, 0.717) is 28.0 Å². The largest absolute Gasteiger partial charge is 0.456 e. The minimum absolute atomic E-state index is 0.0760. The number of esters is 1. The quantitative estimate of drug-likeness (QED) is 0.350. The summed E-state index contributed by atoms with van der Waals surface area (Å²) >= 11 is 0. The van der Waals surface area contributed by atoms with Gasteiger partial charge in [-0.3, -0.25) is 5.32 Å². The number of hydrogen-bond donors (Lipinski definition) is 1. The van der Waals surface area contributed by atoms with Crippen molar-refractivity contribution in [3.8, 4) is 5.69 Å². The van der Waals surface area contributed by atoms with Crippen LogP contribution in [0.4, 0.5) is 10.5 Å². The van der Waals surface area contributed by atoms with Crippen LogP contribution >= 0.6 is 0 Å². The normalized spacial score (nSPS) is 10.7. The number of ether oxygens (including phenoxy) is 2. The van der Waals surface area contributed by atoms with Crippen LogP contribution in [-0.4, -0.2) is 33.7 Å². The fourth-order valence-electron chi connectivity index (χ4n) is 3.17. The molecule has 10 heteroatoms. The second-order valence-corrected chi connectivity index (χ2v) is 6.98. The molecule has 33 heavy (non-hydrogen) atoms. The molecule has 1 amide bonds. The molecule has 168 valence electrons. The second kappa shape index (κ2) is 9.35. The molecule has 0 radical (unpaired) electrons. The maximum absolute atomic E-state index is 12.6. The van der Waals surface area contributed by atoms with Gasteiger partial charge in [0.2, 0.25) is 0 Å². The fourth-order valence-corrected chi connectivity index (χ4v) is 3.17. The summed E-state index contributed by atoms with van der Waals surface area (Å²) in [4.78, 5) is 37.6. The van der Waals surface area contributed by atoms with Crippen molar-refractivity contribution >= 4 is 28.7 Å². The first-order valence-corrected chi connectivity index (χ1v) is 10.1. The van der Waals surface area contributed by atoms with Gasteiger partial charge >= 0.3 is 17.7 Å². The summed E-state index contributed by atoms with van der Waals surface area (Å²) in [6, 6.07) is 15.2. The molecule has 0 bridgehead atoms. The molecule has 0 fully saturated rings. The highest BCUT2D eigenvalue weighted by atomic mass is 16.5. The van der Waals surface area contributed by atoms with Gasteiger partial charge in [-0.25, -0.2) is 14.4 Å². The average molecular weight is 448 g/mol. The monoisotopic (exact) mass is 448 g/mol. The van der Waals surface area contributed by atoms with Crippen molar-refractivity contribution in [3.63, 3.8) is 0 Å². The Hall–Kier alpha value is -4.47. The van der Waals surface area contributed by atoms with Gasteiger partial charge in [-0.05, 0) is 38.1 Å². The van der Waals surface area contributed by atoms with Crippen LogP contribution in [0.3, 0.4) is 0 Å². The Bertz CT molecular complexity index is 1380. The van der Waals surface area contributed by atoms with E-state index in [1.54, 1.807) is 26.0 Å². The van der Waals surface area contributed by atoms with Gasteiger partial charge < -0.3 is 13.9 Å². The van der Waals surface area contributed by atoms with Gasteiger partial charge in [0, 0.05) is 28.8 Å². The second-order valence-electron chi connectivity index (χ2n) is 6.98. The van der Waals surface area contributed by atoms with Crippen LogP contribution < -0.4 is 10.9 Å². The minimum Gasteiger partial charge on any atom is -0.456 e. The number of carbonyl (C=O) groups excluding carboxylic acids is 2. The molecule has 4 aromatic rings. The van der Waals surface area contributed by atoms with Crippen molar-refractivity contribution < 1.29 is 23.5 Å². The number of hydrogen-bond acceptors (Lipinski definition) is 8. The van der Waals surface area contributed by atoms with Crippen molar-refractivity contribution in [2.45, 2.75) is 20.5 Å². The molecule has 0 unspecified atom stereocenters. The van der Waals surface area contributed by atoms with Crippen LogP contribution in [0.15, 0.2) is 63.8 Å². The maximum Gasteiger partial charge on any atom is 0.411 e. The molecule has 0 saturated heterocycles. The Labute approximate surface area is 187 Å². The SMILES string of the molecule is CCOC(=O)Nc1ccc2c(COC(=O)c3nn(-c4ccccc4)nc3C)cc(=O)oc2c1. The third-order valence-corrected chi connectivity index (χ3v) is 4.67. The van der Waals surface area contributed by atoms with E-state index in [9.17, 15) is 14.4 Å². The molecule has 0 atom stereocenters. The number of carbonyl (C=O) groups is 2. The number of nitrogens with zero attached hydrogens (tertiary/aromatic N) is 3. The summed E-state index contributed by atoms with van der Waals surface area (Å²) in [5.41, 5.74) is 1.65. The summed E-state index contributed by atoms with van der Waals surface area (Å²) in [7, 11) is 0. The van der Waals surface area contributed by atoms with Gasteiger partial charge in [-0.2, -0.15) is 9.90 Å². The summed E-state index contributed by atoms with van der Waals surface area (Å²) in [6.45, 7) is 3.40. The number of benzene rings is 2. The highest BCUT2D eigenvalue weighted by molar-refractivity contribution is 5.90. The van der Waals surface area contributed by atoms with Crippen molar-refractivity contribution in [2.24, 2.45) is 0 Å². The standard InChI is InChI=1S/C23H20N4O6/c1-3-31-23(30)24-16-9-10-18-15(11-20(28)33-19(18)12-16)13-32-22(29)21-14(2)25-27(26-21)17-7-5-4-6-8-17/h4-12H,3,13H2,1-2H3,(H,24,30). The van der Waals surface area contributed by atoms with Crippen molar-refractivity contribution in [1.29, 1.82) is 0 Å². The number of anilines is 1. The van der Waals surface area contributed by atoms with Crippen LogP contribution in [0.25, 0.3) is 16.7 Å². The molecular weight excluding hydrogens is 428 g/mol. The Balaban J connectivity index is 1.53. The van der Waals surface area contributed by atoms with E-state index in [1.807, 2.05) is 30.3 Å². The lowest BCUT2D eigenvalue weighted by atomic mass is 10.1. The van der Waals surface area contributed by atoms with Crippen LogP contribution in [0.2, 0.25) is 0 Å². The fraction of sp³-hybridized carbons (Fsp3) is 0.174. The van der Waals surface area contributed by atoms with Gasteiger partial charge in [0.1, 0.15) is 12.2 Å². The zero-order valence-electron chi connectivity index (χ0n) is 17.9. The number of rotatable bonds is 6. The topological polar surface area (TPSA) is 126 Å². The number of fused-ring (bicyclic) bond motifs is 1. The van der Waals surface area contributed by atoms with Gasteiger partial charge in [0.15, 0.2) is 5.69 Å². The van der Waals surface area contributed by atoms with Gasteiger partial charge in [0.05, 0.1) is 18.0 Å². The zero-order valence-corrected chi connectivity index (χ0v) is 17.9. The Kier molecular flexibility index (Phi) is 6.16. The lowest BCUT2D eigenvalue weighted by Gasteiger charge is -2.09. The van der Waals surface area contributed by atoms with E-state index in [1.165, 1.54) is 16.9 Å². The molecule has 0 saturated carbocycles. The maximum atomic E-state index is 12.6. The van der Waals surface area contributed by atoms with E-state index in [-0.39, 0.29) is 24.5 Å². The van der Waals surface area contributed by atoms with E-state index in [2.05, 4.69) is 15.5 Å². The van der Waals surface area contributed by atoms with Crippen LogP contribution in [0, 0.1) is 6.92 Å². The van der Waals surface area contributed by atoms with E-state index >= 15 is 0 Å². The highest BCUT2D eigenvalue weighted by Gasteiger charge is 2.19. The van der Waals surface area contributed by atoms with E-state index in [0.717, 1.165) is 0 Å². The van der Waals surface area contributed by atoms with Gasteiger partial charge in [-0.15, -0.1) is 5.10 Å². The molecule has 2 heterocycles. The predicted molar refractivity (Wildman–Crippen MR) is 118 cm³/mol. The lowest BCUT2D eigenvalue weighted by molar-refractivity contribution is 0.0465. The zero-order chi connectivity index (χ0) is 23.4. The Morgan fingerprint density at radius 3 is 2.61 bits per heavy atom. The number of amides is 1. The third-order valence-electron chi connectivity index (χ3n) is 4.67. The highest BCUT2D eigenvalue weighted by Crippen LogP contribution is 2.22. The Morgan fingerprint density at radius 1 is 1.06 bits per heavy atom.